The minimum atomic E-state index is -0.420. The summed E-state index contributed by atoms with van der Waals surface area (Å²) in [6.07, 6.45) is 3.51. The zero-order chi connectivity index (χ0) is 20.2. The van der Waals surface area contributed by atoms with Crippen molar-refractivity contribution in [3.63, 3.8) is 0 Å². The molecule has 0 fully saturated rings. The molecule has 1 amide bonds. The maximum atomic E-state index is 13.2. The Labute approximate surface area is 166 Å². The number of carbonyl (C=O) groups is 1. The standard InChI is InChI=1S/C23H17F2N3O/c24-19-9-5-16(6-10-19)14-28-15-18(21-3-1-2-4-22(21)28)13-26-27-23(29)17-7-11-20(25)12-8-17/h1-13,15H,14H2,(H,27,29)/b26-13-. The Hall–Kier alpha value is -3.80. The molecule has 0 radical (unpaired) electrons. The van der Waals surface area contributed by atoms with Crippen molar-refractivity contribution < 1.29 is 13.6 Å². The fourth-order valence-corrected chi connectivity index (χ4v) is 3.12. The molecule has 0 spiro atoms. The van der Waals surface area contributed by atoms with Crippen molar-refractivity contribution in [2.45, 2.75) is 6.54 Å². The van der Waals surface area contributed by atoms with Crippen molar-refractivity contribution in [1.82, 2.24) is 9.99 Å². The van der Waals surface area contributed by atoms with Gasteiger partial charge in [0.25, 0.3) is 5.91 Å². The van der Waals surface area contributed by atoms with Gasteiger partial charge in [-0.2, -0.15) is 5.10 Å². The first-order chi connectivity index (χ1) is 14.1. The Morgan fingerprint density at radius 1 is 0.931 bits per heavy atom. The van der Waals surface area contributed by atoms with E-state index < -0.39 is 11.7 Å². The van der Waals surface area contributed by atoms with Gasteiger partial charge < -0.3 is 4.57 Å². The van der Waals surface area contributed by atoms with E-state index in [2.05, 4.69) is 10.5 Å². The van der Waals surface area contributed by atoms with E-state index in [1.165, 1.54) is 36.4 Å². The minimum absolute atomic E-state index is 0.268. The smallest absolute Gasteiger partial charge is 0.271 e. The first kappa shape index (κ1) is 18.6. The molecule has 0 aliphatic carbocycles. The summed E-state index contributed by atoms with van der Waals surface area (Å²) in [4.78, 5) is 12.1. The Balaban J connectivity index is 1.55. The first-order valence-electron chi connectivity index (χ1n) is 9.01. The normalized spacial score (nSPS) is 11.2. The van der Waals surface area contributed by atoms with E-state index in [1.807, 2.05) is 35.0 Å². The molecular weight excluding hydrogens is 372 g/mol. The summed E-state index contributed by atoms with van der Waals surface area (Å²) < 4.78 is 28.2. The van der Waals surface area contributed by atoms with E-state index in [4.69, 9.17) is 0 Å². The molecule has 4 aromatic rings. The number of aromatic nitrogens is 1. The maximum absolute atomic E-state index is 13.2. The Kier molecular flexibility index (Phi) is 5.16. The number of para-hydroxylation sites is 1. The van der Waals surface area contributed by atoms with Gasteiger partial charge in [0, 0.05) is 34.8 Å². The number of benzene rings is 3. The number of nitrogens with zero attached hydrogens (tertiary/aromatic N) is 2. The SMILES string of the molecule is O=C(N/N=C\c1cn(Cc2ccc(F)cc2)c2ccccc12)c1ccc(F)cc1. The van der Waals surface area contributed by atoms with Gasteiger partial charge in [0.2, 0.25) is 0 Å². The fourth-order valence-electron chi connectivity index (χ4n) is 3.12. The third kappa shape index (κ3) is 4.21. The van der Waals surface area contributed by atoms with E-state index in [-0.39, 0.29) is 5.82 Å². The van der Waals surface area contributed by atoms with Gasteiger partial charge in [-0.25, -0.2) is 14.2 Å². The molecule has 0 unspecified atom stereocenters. The van der Waals surface area contributed by atoms with Gasteiger partial charge in [-0.15, -0.1) is 0 Å². The topological polar surface area (TPSA) is 46.4 Å². The van der Waals surface area contributed by atoms with Crippen LogP contribution in [0.1, 0.15) is 21.5 Å². The summed E-state index contributed by atoms with van der Waals surface area (Å²) in [6, 6.07) is 19.5. The molecule has 6 heteroatoms. The lowest BCUT2D eigenvalue weighted by Crippen LogP contribution is -2.17. The minimum Gasteiger partial charge on any atom is -0.342 e. The van der Waals surface area contributed by atoms with Crippen LogP contribution in [-0.2, 0) is 6.54 Å². The van der Waals surface area contributed by atoms with Crippen LogP contribution in [0.3, 0.4) is 0 Å². The zero-order valence-corrected chi connectivity index (χ0v) is 15.3. The number of rotatable bonds is 5. The number of amides is 1. The molecule has 0 atom stereocenters. The Morgan fingerprint density at radius 3 is 2.31 bits per heavy atom. The quantitative estimate of drug-likeness (QED) is 0.389. The molecule has 144 valence electrons. The zero-order valence-electron chi connectivity index (χ0n) is 15.3. The number of fused-ring (bicyclic) bond motifs is 1. The van der Waals surface area contributed by atoms with Crippen LogP contribution in [-0.4, -0.2) is 16.7 Å². The number of carbonyl (C=O) groups excluding carboxylic acids is 1. The summed E-state index contributed by atoms with van der Waals surface area (Å²) in [7, 11) is 0. The van der Waals surface area contributed by atoms with Crippen molar-refractivity contribution >= 4 is 23.0 Å². The second-order valence-electron chi connectivity index (χ2n) is 6.56. The van der Waals surface area contributed by atoms with Crippen molar-refractivity contribution in [3.8, 4) is 0 Å². The van der Waals surface area contributed by atoms with E-state index >= 15 is 0 Å². The van der Waals surface area contributed by atoms with Crippen molar-refractivity contribution in [1.29, 1.82) is 0 Å². The van der Waals surface area contributed by atoms with Gasteiger partial charge in [-0.05, 0) is 48.0 Å². The second-order valence-corrected chi connectivity index (χ2v) is 6.56. The van der Waals surface area contributed by atoms with Crippen molar-refractivity contribution in [2.24, 2.45) is 5.10 Å². The van der Waals surface area contributed by atoms with Crippen LogP contribution >= 0.6 is 0 Å². The highest BCUT2D eigenvalue weighted by molar-refractivity contribution is 6.00. The number of nitrogens with one attached hydrogen (secondary N) is 1. The molecule has 0 bridgehead atoms. The third-order valence-electron chi connectivity index (χ3n) is 4.56. The van der Waals surface area contributed by atoms with Crippen LogP contribution in [0.5, 0.6) is 0 Å². The molecule has 4 rings (SSSR count). The van der Waals surface area contributed by atoms with E-state index in [0.717, 1.165) is 22.0 Å². The van der Waals surface area contributed by atoms with Gasteiger partial charge in [-0.1, -0.05) is 30.3 Å². The Bertz CT molecular complexity index is 1180. The molecular formula is C23H17F2N3O. The highest BCUT2D eigenvalue weighted by Crippen LogP contribution is 2.21. The maximum Gasteiger partial charge on any atom is 0.271 e. The van der Waals surface area contributed by atoms with Crippen molar-refractivity contribution in [2.75, 3.05) is 0 Å². The van der Waals surface area contributed by atoms with Gasteiger partial charge >= 0.3 is 0 Å². The molecule has 1 heterocycles. The second kappa shape index (κ2) is 8.06. The van der Waals surface area contributed by atoms with Crippen LogP contribution in [0.2, 0.25) is 0 Å². The monoisotopic (exact) mass is 389 g/mol. The molecule has 3 aromatic carbocycles. The molecule has 1 aromatic heterocycles. The van der Waals surface area contributed by atoms with Gasteiger partial charge in [0.15, 0.2) is 0 Å². The highest BCUT2D eigenvalue weighted by Gasteiger charge is 2.08. The molecule has 29 heavy (non-hydrogen) atoms. The van der Waals surface area contributed by atoms with Crippen LogP contribution in [0.15, 0.2) is 84.1 Å². The molecule has 1 N–H and O–H groups in total. The lowest BCUT2D eigenvalue weighted by atomic mass is 10.2. The van der Waals surface area contributed by atoms with Gasteiger partial charge in [0.1, 0.15) is 11.6 Å². The average Bonchev–Trinajstić information content (AvgIpc) is 3.08. The van der Waals surface area contributed by atoms with Crippen LogP contribution < -0.4 is 5.43 Å². The van der Waals surface area contributed by atoms with Gasteiger partial charge in [-0.3, -0.25) is 4.79 Å². The number of hydrazone groups is 1. The van der Waals surface area contributed by atoms with Crippen molar-refractivity contribution in [3.05, 3.63) is 107 Å². The lowest BCUT2D eigenvalue weighted by Gasteiger charge is -2.05. The fraction of sp³-hybridized carbons (Fsp3) is 0.0435. The van der Waals surface area contributed by atoms with Crippen LogP contribution in [0.25, 0.3) is 10.9 Å². The van der Waals surface area contributed by atoms with E-state index in [0.29, 0.717) is 12.1 Å². The molecule has 4 nitrogen and oxygen atoms in total. The molecule has 0 aliphatic rings. The van der Waals surface area contributed by atoms with E-state index in [9.17, 15) is 13.6 Å². The predicted molar refractivity (Wildman–Crippen MR) is 109 cm³/mol. The number of hydrogen-bond acceptors (Lipinski definition) is 2. The molecule has 0 aliphatic heterocycles. The average molecular weight is 389 g/mol. The first-order valence-corrected chi connectivity index (χ1v) is 9.01. The third-order valence-corrected chi connectivity index (χ3v) is 4.56. The lowest BCUT2D eigenvalue weighted by molar-refractivity contribution is 0.0955. The summed E-state index contributed by atoms with van der Waals surface area (Å²) in [5.41, 5.74) is 5.59. The molecule has 0 saturated heterocycles. The van der Waals surface area contributed by atoms with Crippen LogP contribution in [0.4, 0.5) is 8.78 Å². The van der Waals surface area contributed by atoms with E-state index in [1.54, 1.807) is 18.3 Å². The highest BCUT2D eigenvalue weighted by atomic mass is 19.1. The summed E-state index contributed by atoms with van der Waals surface area (Å²) in [5.74, 6) is -1.09. The van der Waals surface area contributed by atoms with Gasteiger partial charge in [0.05, 0.1) is 6.21 Å². The predicted octanol–water partition coefficient (Wildman–Crippen LogP) is 4.73. The molecule has 0 saturated carbocycles. The summed E-state index contributed by atoms with van der Waals surface area (Å²) in [6.45, 7) is 0.580. The van der Waals surface area contributed by atoms with Crippen LogP contribution in [0, 0.1) is 11.6 Å². The number of hydrogen-bond donors (Lipinski definition) is 1. The number of halogens is 2. The summed E-state index contributed by atoms with van der Waals surface area (Å²) >= 11 is 0. The Morgan fingerprint density at radius 2 is 1.59 bits per heavy atom. The summed E-state index contributed by atoms with van der Waals surface area (Å²) in [5, 5.41) is 5.02. The largest absolute Gasteiger partial charge is 0.342 e.